The molecule has 2 aromatic carbocycles. The van der Waals surface area contributed by atoms with Crippen molar-refractivity contribution in [3.8, 4) is 29.1 Å². The molecule has 0 amide bonds. The summed E-state index contributed by atoms with van der Waals surface area (Å²) in [4.78, 5) is 11.0. The molecule has 3 rings (SSSR count). The number of aliphatic carboxylic acids is 1. The maximum atomic E-state index is 11.0. The van der Waals surface area contributed by atoms with Crippen LogP contribution in [0.3, 0.4) is 0 Å². The van der Waals surface area contributed by atoms with E-state index < -0.39 is 5.97 Å². The molecule has 0 aliphatic carbocycles. The summed E-state index contributed by atoms with van der Waals surface area (Å²) < 4.78 is 17.4. The molecule has 1 heterocycles. The smallest absolute Gasteiger partial charge is 0.304 e. The third kappa shape index (κ3) is 5.34. The van der Waals surface area contributed by atoms with E-state index in [1.165, 1.54) is 0 Å². The Balaban J connectivity index is 1.56. The molecule has 6 heteroatoms. The summed E-state index contributed by atoms with van der Waals surface area (Å²) in [6.45, 7) is 3.10. The summed E-state index contributed by atoms with van der Waals surface area (Å²) in [5.74, 6) is 6.62. The molecule has 1 unspecified atom stereocenters. The highest BCUT2D eigenvalue weighted by molar-refractivity contribution is 6.30. The van der Waals surface area contributed by atoms with Crippen molar-refractivity contribution in [2.75, 3.05) is 19.8 Å². The Bertz CT molecular complexity index is 882. The molecule has 146 valence electrons. The standard InChI is InChI=1S/C22H21ClO5/c1-2-3-17(10-22(24)25)16-4-7-19(8-5-16)26-12-15-13-27-20-9-6-18(23)11-21(20)28-14-15/h4-9,11,15,17H,10,12-14H2,1H3,(H,24,25)/t15?,17-/m0/s1. The third-order valence-corrected chi connectivity index (χ3v) is 4.56. The lowest BCUT2D eigenvalue weighted by Crippen LogP contribution is -2.23. The van der Waals surface area contributed by atoms with Crippen molar-refractivity contribution >= 4 is 17.6 Å². The van der Waals surface area contributed by atoms with Gasteiger partial charge in [-0.25, -0.2) is 0 Å². The Hall–Kier alpha value is -2.84. The van der Waals surface area contributed by atoms with Crippen LogP contribution in [0, 0.1) is 17.8 Å². The summed E-state index contributed by atoms with van der Waals surface area (Å²) >= 11 is 5.99. The van der Waals surface area contributed by atoms with Crippen molar-refractivity contribution in [2.45, 2.75) is 19.3 Å². The Morgan fingerprint density at radius 1 is 1.21 bits per heavy atom. The van der Waals surface area contributed by atoms with E-state index in [0.29, 0.717) is 42.1 Å². The molecular weight excluding hydrogens is 380 g/mol. The van der Waals surface area contributed by atoms with Crippen LogP contribution in [0.4, 0.5) is 0 Å². The Labute approximate surface area is 169 Å². The normalized spacial score (nSPS) is 16.3. The Kier molecular flexibility index (Phi) is 6.67. The molecule has 1 aliphatic heterocycles. The van der Waals surface area contributed by atoms with Gasteiger partial charge in [-0.15, -0.1) is 5.92 Å². The molecular formula is C22H21ClO5. The number of benzene rings is 2. The first-order valence-corrected chi connectivity index (χ1v) is 9.35. The predicted molar refractivity (Wildman–Crippen MR) is 106 cm³/mol. The van der Waals surface area contributed by atoms with E-state index in [0.717, 1.165) is 5.56 Å². The van der Waals surface area contributed by atoms with Crippen molar-refractivity contribution in [1.29, 1.82) is 0 Å². The number of fused-ring (bicyclic) bond motifs is 1. The van der Waals surface area contributed by atoms with Crippen LogP contribution >= 0.6 is 11.6 Å². The number of rotatable bonds is 6. The van der Waals surface area contributed by atoms with E-state index in [1.54, 1.807) is 25.1 Å². The van der Waals surface area contributed by atoms with Gasteiger partial charge in [-0.2, -0.15) is 0 Å². The predicted octanol–water partition coefficient (Wildman–Crippen LogP) is 4.39. The zero-order valence-electron chi connectivity index (χ0n) is 15.5. The van der Waals surface area contributed by atoms with E-state index >= 15 is 0 Å². The quantitative estimate of drug-likeness (QED) is 0.728. The number of hydrogen-bond donors (Lipinski definition) is 1. The molecule has 1 aliphatic rings. The van der Waals surface area contributed by atoms with Crippen LogP contribution in [0.2, 0.25) is 5.02 Å². The fraction of sp³-hybridized carbons (Fsp3) is 0.318. The molecule has 2 atom stereocenters. The van der Waals surface area contributed by atoms with Gasteiger partial charge in [0.2, 0.25) is 0 Å². The topological polar surface area (TPSA) is 65.0 Å². The first-order valence-electron chi connectivity index (χ1n) is 8.97. The lowest BCUT2D eigenvalue weighted by Gasteiger charge is -2.15. The molecule has 0 fully saturated rings. The Morgan fingerprint density at radius 3 is 2.61 bits per heavy atom. The van der Waals surface area contributed by atoms with Gasteiger partial charge in [0, 0.05) is 11.1 Å². The molecule has 1 N–H and O–H groups in total. The average Bonchev–Trinajstić information content (AvgIpc) is 2.88. The lowest BCUT2D eigenvalue weighted by atomic mass is 9.96. The first kappa shape index (κ1) is 19.9. The van der Waals surface area contributed by atoms with E-state index in [9.17, 15) is 4.79 Å². The van der Waals surface area contributed by atoms with Crippen LogP contribution in [0.25, 0.3) is 0 Å². The summed E-state index contributed by atoms with van der Waals surface area (Å²) in [6, 6.07) is 12.7. The van der Waals surface area contributed by atoms with E-state index in [-0.39, 0.29) is 18.3 Å². The van der Waals surface area contributed by atoms with Gasteiger partial charge in [-0.1, -0.05) is 29.7 Å². The van der Waals surface area contributed by atoms with Crippen molar-refractivity contribution in [2.24, 2.45) is 5.92 Å². The van der Waals surface area contributed by atoms with Gasteiger partial charge < -0.3 is 19.3 Å². The summed E-state index contributed by atoms with van der Waals surface area (Å²) in [5.41, 5.74) is 0.859. The number of halogens is 1. The van der Waals surface area contributed by atoms with Crippen LogP contribution in [0.15, 0.2) is 42.5 Å². The van der Waals surface area contributed by atoms with Gasteiger partial charge in [-0.3, -0.25) is 4.79 Å². The fourth-order valence-corrected chi connectivity index (χ4v) is 3.05. The zero-order valence-corrected chi connectivity index (χ0v) is 16.2. The van der Waals surface area contributed by atoms with Crippen LogP contribution in [0.1, 0.15) is 24.8 Å². The third-order valence-electron chi connectivity index (χ3n) is 4.32. The van der Waals surface area contributed by atoms with Gasteiger partial charge in [0.05, 0.1) is 38.1 Å². The Morgan fingerprint density at radius 2 is 1.93 bits per heavy atom. The highest BCUT2D eigenvalue weighted by Gasteiger charge is 2.19. The molecule has 0 radical (unpaired) electrons. The molecule has 28 heavy (non-hydrogen) atoms. The maximum Gasteiger partial charge on any atom is 0.304 e. The van der Waals surface area contributed by atoms with Gasteiger partial charge in [-0.05, 0) is 36.8 Å². The lowest BCUT2D eigenvalue weighted by molar-refractivity contribution is -0.137. The van der Waals surface area contributed by atoms with E-state index in [1.807, 2.05) is 24.3 Å². The molecule has 0 spiro atoms. The first-order chi connectivity index (χ1) is 13.5. The van der Waals surface area contributed by atoms with Crippen LogP contribution < -0.4 is 14.2 Å². The number of carboxylic acids is 1. The van der Waals surface area contributed by atoms with Gasteiger partial charge in [0.1, 0.15) is 5.75 Å². The number of carbonyl (C=O) groups is 1. The number of carboxylic acid groups (broad SMARTS) is 1. The second kappa shape index (κ2) is 9.38. The molecule has 0 saturated heterocycles. The van der Waals surface area contributed by atoms with E-state index in [2.05, 4.69) is 11.8 Å². The second-order valence-electron chi connectivity index (χ2n) is 6.50. The van der Waals surface area contributed by atoms with Crippen LogP contribution in [0.5, 0.6) is 17.2 Å². The minimum Gasteiger partial charge on any atom is -0.493 e. The largest absolute Gasteiger partial charge is 0.493 e. The molecule has 0 bridgehead atoms. The molecule has 2 aromatic rings. The van der Waals surface area contributed by atoms with Crippen molar-refractivity contribution < 1.29 is 24.1 Å². The summed E-state index contributed by atoms with van der Waals surface area (Å²) in [5, 5.41) is 9.64. The summed E-state index contributed by atoms with van der Waals surface area (Å²) in [6.07, 6.45) is -0.0254. The highest BCUT2D eigenvalue weighted by atomic mass is 35.5. The fourth-order valence-electron chi connectivity index (χ4n) is 2.89. The SMILES string of the molecule is CC#C[C@@H](CC(=O)O)c1ccc(OCC2COc3ccc(Cl)cc3OC2)cc1. The van der Waals surface area contributed by atoms with Crippen molar-refractivity contribution in [3.63, 3.8) is 0 Å². The molecule has 0 aromatic heterocycles. The minimum absolute atomic E-state index is 0.0254. The van der Waals surface area contributed by atoms with Crippen LogP contribution in [-0.4, -0.2) is 30.9 Å². The molecule has 5 nitrogen and oxygen atoms in total. The number of ether oxygens (including phenoxy) is 3. The zero-order chi connectivity index (χ0) is 19.9. The van der Waals surface area contributed by atoms with Crippen LogP contribution in [-0.2, 0) is 4.79 Å². The number of hydrogen-bond acceptors (Lipinski definition) is 4. The van der Waals surface area contributed by atoms with Gasteiger partial charge >= 0.3 is 5.97 Å². The monoisotopic (exact) mass is 400 g/mol. The van der Waals surface area contributed by atoms with Gasteiger partial charge in [0.15, 0.2) is 11.5 Å². The van der Waals surface area contributed by atoms with E-state index in [4.69, 9.17) is 30.9 Å². The van der Waals surface area contributed by atoms with Gasteiger partial charge in [0.25, 0.3) is 0 Å². The maximum absolute atomic E-state index is 11.0. The minimum atomic E-state index is -0.872. The van der Waals surface area contributed by atoms with Crippen molar-refractivity contribution in [1.82, 2.24) is 0 Å². The second-order valence-corrected chi connectivity index (χ2v) is 6.94. The summed E-state index contributed by atoms with van der Waals surface area (Å²) in [7, 11) is 0. The van der Waals surface area contributed by atoms with Crippen molar-refractivity contribution in [3.05, 3.63) is 53.1 Å². The molecule has 0 saturated carbocycles. The average molecular weight is 401 g/mol. The highest BCUT2D eigenvalue weighted by Crippen LogP contribution is 2.33.